The van der Waals surface area contributed by atoms with E-state index in [1.165, 1.54) is 11.9 Å². The summed E-state index contributed by atoms with van der Waals surface area (Å²) >= 11 is 0. The molecule has 0 spiro atoms. The molecule has 1 aromatic carbocycles. The summed E-state index contributed by atoms with van der Waals surface area (Å²) in [5.74, 6) is 0.595. The summed E-state index contributed by atoms with van der Waals surface area (Å²) in [6, 6.07) is 10.2. The maximum absolute atomic E-state index is 11.7. The lowest BCUT2D eigenvalue weighted by atomic mass is 10.2. The van der Waals surface area contributed by atoms with Crippen molar-refractivity contribution in [1.29, 1.82) is 0 Å². The van der Waals surface area contributed by atoms with E-state index in [2.05, 4.69) is 32.3 Å². The van der Waals surface area contributed by atoms with E-state index in [1.54, 1.807) is 7.11 Å². The second-order valence-electron chi connectivity index (χ2n) is 6.90. The number of benzene rings is 1. The van der Waals surface area contributed by atoms with Crippen LogP contribution in [0.15, 0.2) is 36.7 Å². The van der Waals surface area contributed by atoms with E-state index in [9.17, 15) is 10.1 Å². The highest BCUT2D eigenvalue weighted by Gasteiger charge is 2.29. The van der Waals surface area contributed by atoms with Crippen LogP contribution in [0.1, 0.15) is 12.5 Å². The van der Waals surface area contributed by atoms with Gasteiger partial charge in [-0.15, -0.1) is 0 Å². The maximum atomic E-state index is 11.7. The molecule has 1 fully saturated rings. The minimum absolute atomic E-state index is 0.0815. The number of anilines is 2. The number of methoxy groups -OCH3 is 1. The van der Waals surface area contributed by atoms with Gasteiger partial charge in [0.05, 0.1) is 11.5 Å². The van der Waals surface area contributed by atoms with Crippen LogP contribution in [0.3, 0.4) is 0 Å². The topological polar surface area (TPSA) is 96.7 Å². The van der Waals surface area contributed by atoms with Gasteiger partial charge in [0.1, 0.15) is 6.33 Å². The zero-order chi connectivity index (χ0) is 19.9. The van der Waals surface area contributed by atoms with Crippen LogP contribution in [0.25, 0.3) is 0 Å². The SMILES string of the molecule is COCC(C)Nc1ncnc(N2CCN(Cc3ccccc3)CC2)c1[N+](=O)[O-]. The molecule has 1 saturated heterocycles. The number of hydrogen-bond donors (Lipinski definition) is 1. The molecule has 0 radical (unpaired) electrons. The van der Waals surface area contributed by atoms with Gasteiger partial charge in [0, 0.05) is 45.9 Å². The molecular weight excluding hydrogens is 360 g/mol. The summed E-state index contributed by atoms with van der Waals surface area (Å²) in [7, 11) is 1.59. The largest absolute Gasteiger partial charge is 0.383 e. The van der Waals surface area contributed by atoms with Crippen LogP contribution >= 0.6 is 0 Å². The van der Waals surface area contributed by atoms with Gasteiger partial charge in [-0.25, -0.2) is 9.97 Å². The second-order valence-corrected chi connectivity index (χ2v) is 6.90. The van der Waals surface area contributed by atoms with Crippen molar-refractivity contribution >= 4 is 17.3 Å². The lowest BCUT2D eigenvalue weighted by molar-refractivity contribution is -0.383. The van der Waals surface area contributed by atoms with Crippen molar-refractivity contribution in [3.05, 3.63) is 52.3 Å². The van der Waals surface area contributed by atoms with Gasteiger partial charge in [0.25, 0.3) is 0 Å². The number of ether oxygens (including phenoxy) is 1. The molecule has 9 heteroatoms. The summed E-state index contributed by atoms with van der Waals surface area (Å²) in [5, 5.41) is 14.8. The van der Waals surface area contributed by atoms with E-state index in [4.69, 9.17) is 4.74 Å². The number of piperazine rings is 1. The zero-order valence-corrected chi connectivity index (χ0v) is 16.2. The normalized spacial score (nSPS) is 16.0. The molecule has 2 heterocycles. The van der Waals surface area contributed by atoms with E-state index < -0.39 is 4.92 Å². The summed E-state index contributed by atoms with van der Waals surface area (Å²) in [6.07, 6.45) is 1.38. The molecule has 1 atom stereocenters. The molecule has 0 aliphatic carbocycles. The van der Waals surface area contributed by atoms with Crippen molar-refractivity contribution < 1.29 is 9.66 Å². The molecule has 3 rings (SSSR count). The van der Waals surface area contributed by atoms with Crippen LogP contribution in [0, 0.1) is 10.1 Å². The molecule has 28 heavy (non-hydrogen) atoms. The number of nitro groups is 1. The van der Waals surface area contributed by atoms with Crippen LogP contribution < -0.4 is 10.2 Å². The van der Waals surface area contributed by atoms with E-state index in [1.807, 2.05) is 30.0 Å². The third kappa shape index (κ3) is 4.93. The number of rotatable bonds is 8. The van der Waals surface area contributed by atoms with E-state index in [-0.39, 0.29) is 17.5 Å². The van der Waals surface area contributed by atoms with Gasteiger partial charge in [-0.1, -0.05) is 30.3 Å². The average molecular weight is 386 g/mol. The van der Waals surface area contributed by atoms with Crippen molar-refractivity contribution in [2.45, 2.75) is 19.5 Å². The highest BCUT2D eigenvalue weighted by atomic mass is 16.6. The van der Waals surface area contributed by atoms with Gasteiger partial charge in [-0.3, -0.25) is 15.0 Å². The summed E-state index contributed by atoms with van der Waals surface area (Å²) in [4.78, 5) is 24.0. The predicted molar refractivity (Wildman–Crippen MR) is 108 cm³/mol. The smallest absolute Gasteiger partial charge is 0.353 e. The van der Waals surface area contributed by atoms with Crippen LogP contribution in [0.2, 0.25) is 0 Å². The Balaban J connectivity index is 1.70. The second kappa shape index (κ2) is 9.43. The molecule has 2 aromatic rings. The number of hydrogen-bond acceptors (Lipinski definition) is 8. The van der Waals surface area contributed by atoms with Crippen LogP contribution in [0.4, 0.5) is 17.3 Å². The first kappa shape index (κ1) is 20.0. The Morgan fingerprint density at radius 2 is 1.93 bits per heavy atom. The Morgan fingerprint density at radius 3 is 2.57 bits per heavy atom. The van der Waals surface area contributed by atoms with Gasteiger partial charge in [-0.2, -0.15) is 0 Å². The molecular formula is C19H26N6O3. The number of aromatic nitrogens is 2. The first-order valence-electron chi connectivity index (χ1n) is 9.34. The Kier molecular flexibility index (Phi) is 6.72. The Hall–Kier alpha value is -2.78. The van der Waals surface area contributed by atoms with Crippen molar-refractivity contribution in [3.63, 3.8) is 0 Å². The van der Waals surface area contributed by atoms with Crippen LogP contribution in [-0.4, -0.2) is 65.7 Å². The Bertz CT molecular complexity index is 780. The fourth-order valence-corrected chi connectivity index (χ4v) is 3.36. The number of nitrogens with one attached hydrogen (secondary N) is 1. The van der Waals surface area contributed by atoms with Gasteiger partial charge in [-0.05, 0) is 12.5 Å². The third-order valence-electron chi connectivity index (χ3n) is 4.71. The molecule has 0 saturated carbocycles. The Morgan fingerprint density at radius 1 is 1.21 bits per heavy atom. The Labute approximate surface area is 164 Å². The van der Waals surface area contributed by atoms with Gasteiger partial charge in [0.15, 0.2) is 0 Å². The minimum Gasteiger partial charge on any atom is -0.383 e. The molecule has 150 valence electrons. The highest BCUT2D eigenvalue weighted by Crippen LogP contribution is 2.32. The monoisotopic (exact) mass is 386 g/mol. The first-order valence-corrected chi connectivity index (χ1v) is 9.34. The van der Waals surface area contributed by atoms with Crippen LogP contribution in [0.5, 0.6) is 0 Å². The van der Waals surface area contributed by atoms with Crippen molar-refractivity contribution in [1.82, 2.24) is 14.9 Å². The van der Waals surface area contributed by atoms with E-state index >= 15 is 0 Å². The predicted octanol–water partition coefficient (Wildman–Crippen LogP) is 2.15. The molecule has 0 amide bonds. The fourth-order valence-electron chi connectivity index (χ4n) is 3.36. The lowest BCUT2D eigenvalue weighted by Gasteiger charge is -2.35. The van der Waals surface area contributed by atoms with Crippen LogP contribution in [-0.2, 0) is 11.3 Å². The zero-order valence-electron chi connectivity index (χ0n) is 16.2. The molecule has 1 unspecified atom stereocenters. The molecule has 9 nitrogen and oxygen atoms in total. The molecule has 0 bridgehead atoms. The molecule has 1 N–H and O–H groups in total. The molecule has 1 aliphatic rings. The van der Waals surface area contributed by atoms with Crippen molar-refractivity contribution in [2.24, 2.45) is 0 Å². The fraction of sp³-hybridized carbons (Fsp3) is 0.474. The van der Waals surface area contributed by atoms with Crippen molar-refractivity contribution in [2.75, 3.05) is 50.1 Å². The van der Waals surface area contributed by atoms with E-state index in [0.717, 1.165) is 19.6 Å². The lowest BCUT2D eigenvalue weighted by Crippen LogP contribution is -2.46. The average Bonchev–Trinajstić information content (AvgIpc) is 2.69. The summed E-state index contributed by atoms with van der Waals surface area (Å²) in [6.45, 7) is 6.18. The maximum Gasteiger partial charge on any atom is 0.353 e. The standard InChI is InChI=1S/C19H26N6O3/c1-15(13-28-2)22-18-17(25(26)27)19(21-14-20-18)24-10-8-23(9-11-24)12-16-6-4-3-5-7-16/h3-7,14-15H,8-13H2,1-2H3,(H,20,21,22). The van der Waals surface area contributed by atoms with Gasteiger partial charge in [0.2, 0.25) is 11.6 Å². The summed E-state index contributed by atoms with van der Waals surface area (Å²) < 4.78 is 5.09. The highest BCUT2D eigenvalue weighted by molar-refractivity contribution is 5.70. The first-order chi connectivity index (χ1) is 13.6. The van der Waals surface area contributed by atoms with Crippen molar-refractivity contribution in [3.8, 4) is 0 Å². The van der Waals surface area contributed by atoms with Gasteiger partial charge >= 0.3 is 5.69 Å². The quantitative estimate of drug-likeness (QED) is 0.545. The number of nitrogens with zero attached hydrogens (tertiary/aromatic N) is 5. The van der Waals surface area contributed by atoms with Gasteiger partial charge < -0.3 is 15.0 Å². The molecule has 1 aliphatic heterocycles. The third-order valence-corrected chi connectivity index (χ3v) is 4.71. The minimum atomic E-state index is -0.409. The molecule has 1 aromatic heterocycles. The van der Waals surface area contributed by atoms with E-state index in [0.29, 0.717) is 25.5 Å². The summed E-state index contributed by atoms with van der Waals surface area (Å²) in [5.41, 5.74) is 1.18.